The molecule has 3 heterocycles. The summed E-state index contributed by atoms with van der Waals surface area (Å²) in [6, 6.07) is 6.87. The molecular formula is C15H16N4O3S2. The van der Waals surface area contributed by atoms with Gasteiger partial charge >= 0.3 is 0 Å². The second-order valence-corrected chi connectivity index (χ2v) is 8.03. The van der Waals surface area contributed by atoms with E-state index in [0.717, 1.165) is 11.1 Å². The van der Waals surface area contributed by atoms with Crippen molar-refractivity contribution in [2.45, 2.75) is 6.92 Å². The maximum Gasteiger partial charge on any atom is 0.261 e. The van der Waals surface area contributed by atoms with Crippen molar-refractivity contribution >= 4 is 38.5 Å². The number of hydrogen-bond acceptors (Lipinski definition) is 5. The van der Waals surface area contributed by atoms with Crippen LogP contribution in [0.4, 0.5) is 5.69 Å². The Kier molecular flexibility index (Phi) is 4.54. The smallest absolute Gasteiger partial charge is 0.261 e. The first kappa shape index (κ1) is 16.5. The Morgan fingerprint density at radius 1 is 1.33 bits per heavy atom. The molecule has 2 N–H and O–H groups in total. The normalized spacial score (nSPS) is 11.5. The summed E-state index contributed by atoms with van der Waals surface area (Å²) in [6.07, 6.45) is 3.31. The van der Waals surface area contributed by atoms with Gasteiger partial charge in [-0.3, -0.25) is 9.52 Å². The largest absolute Gasteiger partial charge is 0.350 e. The third kappa shape index (κ3) is 3.92. The second-order valence-electron chi connectivity index (χ2n) is 5.28. The van der Waals surface area contributed by atoms with Crippen molar-refractivity contribution in [2.75, 3.05) is 17.0 Å². The molecule has 0 bridgehead atoms. The van der Waals surface area contributed by atoms with Gasteiger partial charge in [0.15, 0.2) is 0 Å². The van der Waals surface area contributed by atoms with E-state index in [1.165, 1.54) is 11.3 Å². The number of nitrogens with zero attached hydrogens (tertiary/aromatic N) is 2. The SMILES string of the molecule is Cc1csc(C(=O)NCCS(=O)(=O)Nc2ccn3nccc3c2)c1. The summed E-state index contributed by atoms with van der Waals surface area (Å²) < 4.78 is 28.4. The van der Waals surface area contributed by atoms with Crippen LogP contribution in [0, 0.1) is 6.92 Å². The minimum atomic E-state index is -3.55. The number of carbonyl (C=O) groups is 1. The van der Waals surface area contributed by atoms with Crippen molar-refractivity contribution in [3.05, 3.63) is 52.5 Å². The third-order valence-electron chi connectivity index (χ3n) is 3.28. The molecule has 0 spiro atoms. The van der Waals surface area contributed by atoms with Gasteiger partial charge in [0.1, 0.15) is 0 Å². The van der Waals surface area contributed by atoms with Crippen molar-refractivity contribution in [2.24, 2.45) is 0 Å². The average molecular weight is 364 g/mol. The Morgan fingerprint density at radius 3 is 2.92 bits per heavy atom. The summed E-state index contributed by atoms with van der Waals surface area (Å²) in [7, 11) is -3.55. The van der Waals surface area contributed by atoms with Crippen LogP contribution in [0.15, 0.2) is 42.0 Å². The fraction of sp³-hybridized carbons (Fsp3) is 0.200. The lowest BCUT2D eigenvalue weighted by atomic mass is 10.3. The van der Waals surface area contributed by atoms with Crippen LogP contribution >= 0.6 is 11.3 Å². The van der Waals surface area contributed by atoms with Crippen molar-refractivity contribution < 1.29 is 13.2 Å². The van der Waals surface area contributed by atoms with Crippen molar-refractivity contribution in [1.29, 1.82) is 0 Å². The molecule has 0 atom stereocenters. The summed E-state index contributed by atoms with van der Waals surface area (Å²) in [4.78, 5) is 12.5. The van der Waals surface area contributed by atoms with Gasteiger partial charge in [-0.15, -0.1) is 11.3 Å². The van der Waals surface area contributed by atoms with E-state index >= 15 is 0 Å². The molecule has 24 heavy (non-hydrogen) atoms. The summed E-state index contributed by atoms with van der Waals surface area (Å²) in [6.45, 7) is 1.94. The molecule has 3 rings (SSSR count). The van der Waals surface area contributed by atoms with Crippen LogP contribution in [0.25, 0.3) is 5.52 Å². The molecule has 0 aliphatic heterocycles. The molecule has 1 amide bonds. The van der Waals surface area contributed by atoms with Gasteiger partial charge in [0, 0.05) is 18.9 Å². The predicted octanol–water partition coefficient (Wildman–Crippen LogP) is 1.88. The Bertz CT molecular complexity index is 975. The van der Waals surface area contributed by atoms with Crippen molar-refractivity contribution in [3.8, 4) is 0 Å². The molecule has 7 nitrogen and oxygen atoms in total. The van der Waals surface area contributed by atoms with Crippen LogP contribution in [0.3, 0.4) is 0 Å². The molecule has 9 heteroatoms. The van der Waals surface area contributed by atoms with E-state index in [1.807, 2.05) is 12.3 Å². The van der Waals surface area contributed by atoms with E-state index in [-0.39, 0.29) is 18.2 Å². The molecular weight excluding hydrogens is 348 g/mol. The first-order valence-corrected chi connectivity index (χ1v) is 9.73. The minimum Gasteiger partial charge on any atom is -0.350 e. The van der Waals surface area contributed by atoms with Crippen LogP contribution in [-0.2, 0) is 10.0 Å². The van der Waals surface area contributed by atoms with Gasteiger partial charge in [0.25, 0.3) is 5.91 Å². The van der Waals surface area contributed by atoms with Gasteiger partial charge in [-0.05, 0) is 42.1 Å². The Balaban J connectivity index is 1.56. The quantitative estimate of drug-likeness (QED) is 0.698. The molecule has 0 fully saturated rings. The molecule has 0 aromatic carbocycles. The molecule has 0 unspecified atom stereocenters. The van der Waals surface area contributed by atoms with Crippen LogP contribution in [0.1, 0.15) is 15.2 Å². The lowest BCUT2D eigenvalue weighted by Crippen LogP contribution is -2.30. The van der Waals surface area contributed by atoms with E-state index in [0.29, 0.717) is 10.6 Å². The summed E-state index contributed by atoms with van der Waals surface area (Å²) >= 11 is 1.33. The van der Waals surface area contributed by atoms with E-state index < -0.39 is 10.0 Å². The highest BCUT2D eigenvalue weighted by atomic mass is 32.2. The first-order chi connectivity index (χ1) is 11.4. The fourth-order valence-corrected chi connectivity index (χ4v) is 3.93. The fourth-order valence-electron chi connectivity index (χ4n) is 2.15. The summed E-state index contributed by atoms with van der Waals surface area (Å²) in [5.74, 6) is -0.461. The van der Waals surface area contributed by atoms with Gasteiger partial charge in [-0.2, -0.15) is 5.10 Å². The number of fused-ring (bicyclic) bond motifs is 1. The number of thiophene rings is 1. The maximum atomic E-state index is 12.1. The Labute approximate surface area is 143 Å². The van der Waals surface area contributed by atoms with Crippen molar-refractivity contribution in [3.63, 3.8) is 0 Å². The number of nitrogens with one attached hydrogen (secondary N) is 2. The van der Waals surface area contributed by atoms with E-state index in [9.17, 15) is 13.2 Å². The number of sulfonamides is 1. The lowest BCUT2D eigenvalue weighted by molar-refractivity contribution is 0.0960. The molecule has 0 aliphatic carbocycles. The number of aryl methyl sites for hydroxylation is 1. The van der Waals surface area contributed by atoms with E-state index in [2.05, 4.69) is 15.1 Å². The molecule has 0 saturated heterocycles. The van der Waals surface area contributed by atoms with E-state index in [4.69, 9.17) is 0 Å². The van der Waals surface area contributed by atoms with Gasteiger partial charge in [0.05, 0.1) is 21.8 Å². The molecule has 126 valence electrons. The third-order valence-corrected chi connectivity index (χ3v) is 5.62. The molecule has 3 aromatic rings. The zero-order chi connectivity index (χ0) is 17.2. The van der Waals surface area contributed by atoms with E-state index in [1.54, 1.807) is 41.2 Å². The van der Waals surface area contributed by atoms with Gasteiger partial charge in [-0.1, -0.05) is 0 Å². The number of amides is 1. The van der Waals surface area contributed by atoms with Crippen molar-refractivity contribution in [1.82, 2.24) is 14.9 Å². The average Bonchev–Trinajstić information content (AvgIpc) is 3.14. The first-order valence-electron chi connectivity index (χ1n) is 7.20. The number of hydrogen-bond donors (Lipinski definition) is 2. The second kappa shape index (κ2) is 6.62. The zero-order valence-corrected chi connectivity index (χ0v) is 14.5. The van der Waals surface area contributed by atoms with Gasteiger partial charge in [0.2, 0.25) is 10.0 Å². The minimum absolute atomic E-state index is 0.0417. The topological polar surface area (TPSA) is 92.6 Å². The van der Waals surface area contributed by atoms with Crippen LogP contribution in [0.2, 0.25) is 0 Å². The summed E-state index contributed by atoms with van der Waals surface area (Å²) in [5.41, 5.74) is 2.26. The predicted molar refractivity (Wildman–Crippen MR) is 94.0 cm³/mol. The lowest BCUT2D eigenvalue weighted by Gasteiger charge is -2.09. The number of aromatic nitrogens is 2. The highest BCUT2D eigenvalue weighted by Crippen LogP contribution is 2.14. The zero-order valence-electron chi connectivity index (χ0n) is 12.9. The number of carbonyl (C=O) groups excluding carboxylic acids is 1. The monoisotopic (exact) mass is 364 g/mol. The summed E-state index contributed by atoms with van der Waals surface area (Å²) in [5, 5.41) is 8.54. The maximum absolute atomic E-state index is 12.1. The van der Waals surface area contributed by atoms with Crippen LogP contribution in [0.5, 0.6) is 0 Å². The van der Waals surface area contributed by atoms with Gasteiger partial charge in [-0.25, -0.2) is 12.9 Å². The molecule has 3 aromatic heterocycles. The highest BCUT2D eigenvalue weighted by Gasteiger charge is 2.13. The molecule has 0 radical (unpaired) electrons. The number of rotatable bonds is 6. The van der Waals surface area contributed by atoms with Crippen LogP contribution < -0.4 is 10.0 Å². The van der Waals surface area contributed by atoms with Crippen LogP contribution in [-0.4, -0.2) is 36.2 Å². The number of anilines is 1. The standard InChI is InChI=1S/C15H16N4O3S2/c1-11-8-14(23-10-11)15(20)16-5-7-24(21,22)18-12-3-6-19-13(9-12)2-4-17-19/h2-4,6,8-10,18H,5,7H2,1H3,(H,16,20). The highest BCUT2D eigenvalue weighted by molar-refractivity contribution is 7.92. The van der Waals surface area contributed by atoms with Gasteiger partial charge < -0.3 is 5.32 Å². The molecule has 0 saturated carbocycles. The number of pyridine rings is 1. The molecule has 0 aliphatic rings. The Hall–Kier alpha value is -2.39. The Morgan fingerprint density at radius 2 is 2.17 bits per heavy atom.